The van der Waals surface area contributed by atoms with Gasteiger partial charge in [0.1, 0.15) is 0 Å². The van der Waals surface area contributed by atoms with Crippen molar-refractivity contribution in [2.75, 3.05) is 6.54 Å². The first-order valence-corrected chi connectivity index (χ1v) is 8.85. The molecule has 0 aliphatic heterocycles. The summed E-state index contributed by atoms with van der Waals surface area (Å²) >= 11 is 4.58. The number of aryl methyl sites for hydroxylation is 1. The van der Waals surface area contributed by atoms with Gasteiger partial charge in [-0.05, 0) is 41.8 Å². The van der Waals surface area contributed by atoms with Crippen molar-refractivity contribution in [2.45, 2.75) is 31.1 Å². The summed E-state index contributed by atoms with van der Waals surface area (Å²) in [6.07, 6.45) is 1.88. The summed E-state index contributed by atoms with van der Waals surface area (Å²) in [7, 11) is -3.65. The molecule has 0 unspecified atom stereocenters. The fraction of sp³-hybridized carbons (Fsp3) is 0.545. The van der Waals surface area contributed by atoms with E-state index in [4.69, 9.17) is 5.11 Å². The molecular formula is C11H14BrNO4S2. The predicted octanol–water partition coefficient (Wildman–Crippen LogP) is 2.35. The van der Waals surface area contributed by atoms with Crippen molar-refractivity contribution in [2.24, 2.45) is 5.41 Å². The molecule has 8 heteroatoms. The van der Waals surface area contributed by atoms with E-state index in [1.54, 1.807) is 6.92 Å². The first-order valence-electron chi connectivity index (χ1n) is 5.76. The van der Waals surface area contributed by atoms with Crippen LogP contribution < -0.4 is 4.72 Å². The number of nitrogens with one attached hydrogen (secondary N) is 1. The van der Waals surface area contributed by atoms with E-state index in [1.807, 2.05) is 0 Å². The minimum Gasteiger partial charge on any atom is -0.481 e. The van der Waals surface area contributed by atoms with Crippen LogP contribution in [0.5, 0.6) is 0 Å². The molecule has 0 saturated heterocycles. The molecule has 0 spiro atoms. The van der Waals surface area contributed by atoms with Gasteiger partial charge in [-0.1, -0.05) is 6.42 Å². The quantitative estimate of drug-likeness (QED) is 0.836. The lowest BCUT2D eigenvalue weighted by Crippen LogP contribution is -2.47. The largest absolute Gasteiger partial charge is 0.481 e. The second-order valence-corrected chi connectivity index (χ2v) is 9.11. The summed E-state index contributed by atoms with van der Waals surface area (Å²) in [5.41, 5.74) is -0.922. The second-order valence-electron chi connectivity index (χ2n) is 4.73. The SMILES string of the molecule is Cc1sc(Br)cc1S(=O)(=O)NCC1(C(=O)O)CCC1. The Kier molecular flexibility index (Phi) is 4.06. The van der Waals surface area contributed by atoms with E-state index in [9.17, 15) is 13.2 Å². The van der Waals surface area contributed by atoms with E-state index >= 15 is 0 Å². The van der Waals surface area contributed by atoms with Crippen LogP contribution in [0.15, 0.2) is 14.7 Å². The highest BCUT2D eigenvalue weighted by molar-refractivity contribution is 9.11. The van der Waals surface area contributed by atoms with Crippen LogP contribution >= 0.6 is 27.3 Å². The zero-order chi connectivity index (χ0) is 14.3. The maximum Gasteiger partial charge on any atom is 0.310 e. The lowest BCUT2D eigenvalue weighted by molar-refractivity contribution is -0.153. The number of hydrogen-bond acceptors (Lipinski definition) is 4. The average molecular weight is 368 g/mol. The molecule has 0 bridgehead atoms. The zero-order valence-corrected chi connectivity index (χ0v) is 13.5. The van der Waals surface area contributed by atoms with Gasteiger partial charge in [-0.3, -0.25) is 4.79 Å². The summed E-state index contributed by atoms with van der Waals surface area (Å²) < 4.78 is 27.5. The third kappa shape index (κ3) is 2.86. The van der Waals surface area contributed by atoms with Gasteiger partial charge in [0.2, 0.25) is 10.0 Å². The summed E-state index contributed by atoms with van der Waals surface area (Å²) in [5.74, 6) is -0.926. The minimum absolute atomic E-state index is 0.0441. The molecule has 1 aliphatic carbocycles. The number of carbonyl (C=O) groups is 1. The average Bonchev–Trinajstić information content (AvgIpc) is 2.56. The van der Waals surface area contributed by atoms with Crippen molar-refractivity contribution < 1.29 is 18.3 Å². The monoisotopic (exact) mass is 367 g/mol. The van der Waals surface area contributed by atoms with Crippen LogP contribution in [-0.4, -0.2) is 26.0 Å². The summed E-state index contributed by atoms with van der Waals surface area (Å²) in [4.78, 5) is 12.1. The lowest BCUT2D eigenvalue weighted by atomic mass is 9.69. The van der Waals surface area contributed by atoms with Crippen LogP contribution in [-0.2, 0) is 14.8 Å². The molecule has 0 aromatic carbocycles. The Balaban J connectivity index is 2.14. The summed E-state index contributed by atoms with van der Waals surface area (Å²) in [6, 6.07) is 1.54. The first-order chi connectivity index (χ1) is 8.77. The van der Waals surface area contributed by atoms with Gasteiger partial charge in [-0.25, -0.2) is 13.1 Å². The smallest absolute Gasteiger partial charge is 0.310 e. The predicted molar refractivity (Wildman–Crippen MR) is 75.9 cm³/mol. The highest BCUT2D eigenvalue weighted by Crippen LogP contribution is 2.41. The zero-order valence-electron chi connectivity index (χ0n) is 10.3. The molecule has 1 heterocycles. The summed E-state index contributed by atoms with van der Waals surface area (Å²) in [5, 5.41) is 9.17. The van der Waals surface area contributed by atoms with E-state index in [0.717, 1.165) is 10.2 Å². The van der Waals surface area contributed by atoms with Gasteiger partial charge in [0.05, 0.1) is 14.1 Å². The maximum absolute atomic E-state index is 12.2. The minimum atomic E-state index is -3.65. The Morgan fingerprint density at radius 3 is 2.58 bits per heavy atom. The third-order valence-electron chi connectivity index (χ3n) is 3.50. The van der Waals surface area contributed by atoms with Crippen LogP contribution in [0.25, 0.3) is 0 Å². The summed E-state index contributed by atoms with van der Waals surface area (Å²) in [6.45, 7) is 1.68. The third-order valence-corrected chi connectivity index (χ3v) is 6.71. The first kappa shape index (κ1) is 15.0. The number of rotatable bonds is 5. The van der Waals surface area contributed by atoms with Gasteiger partial charge in [0.25, 0.3) is 0 Å². The number of aliphatic carboxylic acids is 1. The Bertz CT molecular complexity index is 604. The van der Waals surface area contributed by atoms with Crippen molar-refractivity contribution in [1.29, 1.82) is 0 Å². The van der Waals surface area contributed by atoms with Crippen LogP contribution in [0.4, 0.5) is 0 Å². The standard InChI is InChI=1S/C11H14BrNO4S2/c1-7-8(5-9(12)18-7)19(16,17)13-6-11(10(14)15)3-2-4-11/h5,13H,2-4,6H2,1H3,(H,14,15). The van der Waals surface area contributed by atoms with E-state index in [1.165, 1.54) is 17.4 Å². The molecule has 106 valence electrons. The van der Waals surface area contributed by atoms with Crippen LogP contribution in [0.2, 0.25) is 0 Å². The Labute approximate surface area is 124 Å². The van der Waals surface area contributed by atoms with E-state index in [-0.39, 0.29) is 11.4 Å². The molecule has 1 fully saturated rings. The fourth-order valence-electron chi connectivity index (χ4n) is 2.08. The van der Waals surface area contributed by atoms with Gasteiger partial charge >= 0.3 is 5.97 Å². The molecule has 0 radical (unpaired) electrons. The van der Waals surface area contributed by atoms with Crippen molar-refractivity contribution in [1.82, 2.24) is 4.72 Å². The topological polar surface area (TPSA) is 83.5 Å². The number of thiophene rings is 1. The number of sulfonamides is 1. The van der Waals surface area contributed by atoms with Crippen LogP contribution in [0, 0.1) is 12.3 Å². The number of halogens is 1. The fourth-order valence-corrected chi connectivity index (χ4v) is 5.62. The van der Waals surface area contributed by atoms with Crippen LogP contribution in [0.1, 0.15) is 24.1 Å². The van der Waals surface area contributed by atoms with Crippen molar-refractivity contribution in [3.8, 4) is 0 Å². The van der Waals surface area contributed by atoms with E-state index in [2.05, 4.69) is 20.7 Å². The van der Waals surface area contributed by atoms with E-state index in [0.29, 0.717) is 17.7 Å². The van der Waals surface area contributed by atoms with E-state index < -0.39 is 21.4 Å². The van der Waals surface area contributed by atoms with Gasteiger partial charge in [0.15, 0.2) is 0 Å². The normalized spacial score (nSPS) is 18.0. The molecule has 1 aliphatic rings. The maximum atomic E-state index is 12.2. The second kappa shape index (κ2) is 5.16. The molecule has 1 aromatic heterocycles. The Morgan fingerprint density at radius 2 is 2.21 bits per heavy atom. The molecule has 19 heavy (non-hydrogen) atoms. The molecule has 5 nitrogen and oxygen atoms in total. The number of hydrogen-bond donors (Lipinski definition) is 2. The molecule has 1 aromatic rings. The number of carboxylic acids is 1. The molecule has 2 rings (SSSR count). The van der Waals surface area contributed by atoms with Crippen molar-refractivity contribution in [3.05, 3.63) is 14.7 Å². The molecule has 2 N–H and O–H groups in total. The highest BCUT2D eigenvalue weighted by Gasteiger charge is 2.45. The Morgan fingerprint density at radius 1 is 1.58 bits per heavy atom. The van der Waals surface area contributed by atoms with Crippen LogP contribution in [0.3, 0.4) is 0 Å². The molecule has 0 atom stereocenters. The van der Waals surface area contributed by atoms with Gasteiger partial charge in [0, 0.05) is 11.4 Å². The number of carboxylic acid groups (broad SMARTS) is 1. The molecular weight excluding hydrogens is 354 g/mol. The lowest BCUT2D eigenvalue weighted by Gasteiger charge is -2.37. The van der Waals surface area contributed by atoms with Crippen molar-refractivity contribution >= 4 is 43.3 Å². The van der Waals surface area contributed by atoms with Gasteiger partial charge in [-0.2, -0.15) is 0 Å². The van der Waals surface area contributed by atoms with Gasteiger partial charge in [-0.15, -0.1) is 11.3 Å². The van der Waals surface area contributed by atoms with Gasteiger partial charge < -0.3 is 5.11 Å². The van der Waals surface area contributed by atoms with Crippen molar-refractivity contribution in [3.63, 3.8) is 0 Å². The highest BCUT2D eigenvalue weighted by atomic mass is 79.9. The molecule has 1 saturated carbocycles. The Hall–Kier alpha value is -0.440. The molecule has 0 amide bonds.